The third kappa shape index (κ3) is 3.48. The van der Waals surface area contributed by atoms with Crippen LogP contribution in [-0.4, -0.2) is 18.9 Å². The van der Waals surface area contributed by atoms with Gasteiger partial charge in [0.2, 0.25) is 0 Å². The van der Waals surface area contributed by atoms with Gasteiger partial charge in [0.05, 0.1) is 15.6 Å². The molecule has 2 N–H and O–H groups in total. The molecule has 0 atom stereocenters. The van der Waals surface area contributed by atoms with Crippen LogP contribution in [0, 0.1) is 5.92 Å². The maximum Gasteiger partial charge on any atom is 0.177 e. The molecule has 18 heavy (non-hydrogen) atoms. The van der Waals surface area contributed by atoms with E-state index in [4.69, 9.17) is 5.73 Å². The van der Waals surface area contributed by atoms with Gasteiger partial charge in [0.1, 0.15) is 0 Å². The third-order valence-corrected chi connectivity index (χ3v) is 4.02. The fourth-order valence-electron chi connectivity index (χ4n) is 1.87. The molecule has 0 aromatic carbocycles. The fraction of sp³-hybridized carbons (Fsp3) is 0.643. The molecule has 1 heterocycles. The van der Waals surface area contributed by atoms with Gasteiger partial charge in [0, 0.05) is 19.0 Å². The molecule has 0 unspecified atom stereocenters. The number of Topliss-reactive ketones (excluding diaryl/α,β-unsaturated/α-hetero) is 1. The minimum atomic E-state index is 0.00426. The first-order chi connectivity index (χ1) is 8.51. The molecule has 0 fully saturated rings. The van der Waals surface area contributed by atoms with E-state index in [-0.39, 0.29) is 11.7 Å². The zero-order valence-corrected chi connectivity index (χ0v) is 12.6. The van der Waals surface area contributed by atoms with E-state index in [1.165, 1.54) is 11.3 Å². The van der Waals surface area contributed by atoms with Crippen molar-refractivity contribution in [3.05, 3.63) is 10.9 Å². The molecule has 0 saturated carbocycles. The number of carbonyl (C=O) groups excluding carboxylic acids is 1. The maximum absolute atomic E-state index is 12.0. The summed E-state index contributed by atoms with van der Waals surface area (Å²) in [6, 6.07) is 1.95. The van der Waals surface area contributed by atoms with Crippen molar-refractivity contribution in [3.8, 4) is 0 Å². The van der Waals surface area contributed by atoms with Crippen LogP contribution in [0.4, 0.5) is 10.7 Å². The van der Waals surface area contributed by atoms with Crippen LogP contribution in [0.3, 0.4) is 0 Å². The van der Waals surface area contributed by atoms with Gasteiger partial charge in [-0.1, -0.05) is 27.7 Å². The van der Waals surface area contributed by atoms with Crippen molar-refractivity contribution < 1.29 is 4.79 Å². The van der Waals surface area contributed by atoms with E-state index in [1.54, 1.807) is 0 Å². The monoisotopic (exact) mass is 268 g/mol. The number of hydrogen-bond donors (Lipinski definition) is 1. The molecular weight excluding hydrogens is 244 g/mol. The van der Waals surface area contributed by atoms with Crippen LogP contribution < -0.4 is 10.6 Å². The van der Waals surface area contributed by atoms with Crippen LogP contribution >= 0.6 is 11.3 Å². The summed E-state index contributed by atoms with van der Waals surface area (Å²) in [5.74, 6) is 0.154. The lowest BCUT2D eigenvalue weighted by atomic mass is 10.1. The third-order valence-electron chi connectivity index (χ3n) is 2.79. The molecule has 0 saturated heterocycles. The Labute approximate surface area is 114 Å². The smallest absolute Gasteiger partial charge is 0.177 e. The van der Waals surface area contributed by atoms with Crippen LogP contribution in [0.15, 0.2) is 6.07 Å². The summed E-state index contributed by atoms with van der Waals surface area (Å²) in [7, 11) is 0. The highest BCUT2D eigenvalue weighted by Gasteiger charge is 2.19. The normalized spacial score (nSPS) is 10.9. The first kappa shape index (κ1) is 15.0. The van der Waals surface area contributed by atoms with Gasteiger partial charge in [-0.3, -0.25) is 4.79 Å². The summed E-state index contributed by atoms with van der Waals surface area (Å²) >= 11 is 1.54. The Bertz CT molecular complexity index is 392. The molecule has 3 nitrogen and oxygen atoms in total. The molecule has 0 amide bonds. The van der Waals surface area contributed by atoms with Crippen molar-refractivity contribution in [1.82, 2.24) is 0 Å². The SMILES string of the molecule is CCCN(CCC)c1cc(N)c(C(=O)C(C)C)s1. The van der Waals surface area contributed by atoms with Gasteiger partial charge in [-0.25, -0.2) is 0 Å². The topological polar surface area (TPSA) is 46.3 Å². The highest BCUT2D eigenvalue weighted by Crippen LogP contribution is 2.34. The summed E-state index contributed by atoms with van der Waals surface area (Å²) in [6.07, 6.45) is 2.20. The van der Waals surface area contributed by atoms with E-state index in [9.17, 15) is 4.79 Å². The zero-order valence-electron chi connectivity index (χ0n) is 11.8. The molecule has 0 aliphatic heterocycles. The Balaban J connectivity index is 2.97. The second-order valence-electron chi connectivity index (χ2n) is 4.88. The molecule has 0 aliphatic rings. The fourth-order valence-corrected chi connectivity index (χ4v) is 3.09. The summed E-state index contributed by atoms with van der Waals surface area (Å²) in [4.78, 5) is 15.1. The van der Waals surface area contributed by atoms with Crippen molar-refractivity contribution in [1.29, 1.82) is 0 Å². The molecule has 102 valence electrons. The van der Waals surface area contributed by atoms with Gasteiger partial charge < -0.3 is 10.6 Å². The lowest BCUT2D eigenvalue weighted by Gasteiger charge is -2.21. The van der Waals surface area contributed by atoms with Crippen LogP contribution in [0.25, 0.3) is 0 Å². The van der Waals surface area contributed by atoms with E-state index >= 15 is 0 Å². The van der Waals surface area contributed by atoms with Crippen LogP contribution in [0.5, 0.6) is 0 Å². The van der Waals surface area contributed by atoms with E-state index in [0.29, 0.717) is 5.69 Å². The summed E-state index contributed by atoms with van der Waals surface area (Å²) in [5, 5.41) is 1.13. The van der Waals surface area contributed by atoms with E-state index < -0.39 is 0 Å². The average molecular weight is 268 g/mol. The molecule has 0 radical (unpaired) electrons. The lowest BCUT2D eigenvalue weighted by Crippen LogP contribution is -2.23. The van der Waals surface area contributed by atoms with E-state index in [1.807, 2.05) is 19.9 Å². The molecule has 0 spiro atoms. The summed E-state index contributed by atoms with van der Waals surface area (Å²) < 4.78 is 0. The van der Waals surface area contributed by atoms with Crippen LogP contribution in [0.1, 0.15) is 50.2 Å². The largest absolute Gasteiger partial charge is 0.397 e. The van der Waals surface area contributed by atoms with Gasteiger partial charge in [-0.2, -0.15) is 0 Å². The van der Waals surface area contributed by atoms with Crippen molar-refractivity contribution in [2.45, 2.75) is 40.5 Å². The number of ketones is 1. The number of nitrogens with two attached hydrogens (primary N) is 1. The molecule has 1 aromatic heterocycles. The summed E-state index contributed by atoms with van der Waals surface area (Å²) in [5.41, 5.74) is 6.60. The number of hydrogen-bond acceptors (Lipinski definition) is 4. The number of rotatable bonds is 7. The van der Waals surface area contributed by atoms with Gasteiger partial charge in [-0.05, 0) is 18.9 Å². The Morgan fingerprint density at radius 1 is 1.33 bits per heavy atom. The Hall–Kier alpha value is -1.03. The first-order valence-corrected chi connectivity index (χ1v) is 7.51. The number of thiophene rings is 1. The predicted octanol–water partition coefficient (Wildman–Crippen LogP) is 3.80. The van der Waals surface area contributed by atoms with Crippen molar-refractivity contribution >= 4 is 27.8 Å². The number of carbonyl (C=O) groups is 1. The average Bonchev–Trinajstić information content (AvgIpc) is 2.70. The maximum atomic E-state index is 12.0. The van der Waals surface area contributed by atoms with Crippen molar-refractivity contribution in [2.75, 3.05) is 23.7 Å². The summed E-state index contributed by atoms with van der Waals surface area (Å²) in [6.45, 7) is 10.2. The first-order valence-electron chi connectivity index (χ1n) is 6.69. The lowest BCUT2D eigenvalue weighted by molar-refractivity contribution is 0.0944. The molecule has 0 bridgehead atoms. The van der Waals surface area contributed by atoms with Gasteiger partial charge in [0.15, 0.2) is 5.78 Å². The van der Waals surface area contributed by atoms with Crippen LogP contribution in [0.2, 0.25) is 0 Å². The molecule has 0 aliphatic carbocycles. The number of anilines is 2. The standard InChI is InChI=1S/C14H24N2OS/c1-5-7-16(8-6-2)12-9-11(15)14(18-12)13(17)10(3)4/h9-10H,5-8,15H2,1-4H3. The van der Waals surface area contributed by atoms with Crippen molar-refractivity contribution in [3.63, 3.8) is 0 Å². The molecule has 4 heteroatoms. The van der Waals surface area contributed by atoms with Gasteiger partial charge in [-0.15, -0.1) is 11.3 Å². The highest BCUT2D eigenvalue weighted by atomic mass is 32.1. The number of nitrogens with zero attached hydrogens (tertiary/aromatic N) is 1. The van der Waals surface area contributed by atoms with Crippen LogP contribution in [-0.2, 0) is 0 Å². The number of nitrogen functional groups attached to an aromatic ring is 1. The molecular formula is C14H24N2OS. The Morgan fingerprint density at radius 2 is 1.89 bits per heavy atom. The minimum absolute atomic E-state index is 0.00426. The molecule has 1 aromatic rings. The van der Waals surface area contributed by atoms with Gasteiger partial charge in [0.25, 0.3) is 0 Å². The second-order valence-corrected chi connectivity index (χ2v) is 5.91. The van der Waals surface area contributed by atoms with E-state index in [0.717, 1.165) is 35.8 Å². The van der Waals surface area contributed by atoms with E-state index in [2.05, 4.69) is 18.7 Å². The van der Waals surface area contributed by atoms with Gasteiger partial charge >= 0.3 is 0 Å². The minimum Gasteiger partial charge on any atom is -0.397 e. The second kappa shape index (κ2) is 6.78. The Morgan fingerprint density at radius 3 is 2.33 bits per heavy atom. The Kier molecular flexibility index (Phi) is 5.66. The van der Waals surface area contributed by atoms with Crippen molar-refractivity contribution in [2.24, 2.45) is 5.92 Å². The highest BCUT2D eigenvalue weighted by molar-refractivity contribution is 7.18. The quantitative estimate of drug-likeness (QED) is 0.765. The molecule has 1 rings (SSSR count). The predicted molar refractivity (Wildman–Crippen MR) is 80.7 cm³/mol. The zero-order chi connectivity index (χ0) is 13.7.